The number of aromatic nitrogens is 1. The summed E-state index contributed by atoms with van der Waals surface area (Å²) in [5.74, 6) is -0.0652. The van der Waals surface area contributed by atoms with Gasteiger partial charge < -0.3 is 9.88 Å². The van der Waals surface area contributed by atoms with Crippen LogP contribution in [0.2, 0.25) is 0 Å². The Bertz CT molecular complexity index is 1140. The number of nitrogens with zero attached hydrogens (tertiary/aromatic N) is 1. The monoisotopic (exact) mass is 440 g/mol. The van der Waals surface area contributed by atoms with Crippen molar-refractivity contribution < 1.29 is 4.79 Å². The van der Waals surface area contributed by atoms with Gasteiger partial charge in [-0.2, -0.15) is 0 Å². The lowest BCUT2D eigenvalue weighted by Gasteiger charge is -2.15. The highest BCUT2D eigenvalue weighted by Crippen LogP contribution is 2.22. The minimum absolute atomic E-state index is 0.00105. The summed E-state index contributed by atoms with van der Waals surface area (Å²) in [6, 6.07) is 19.0. The van der Waals surface area contributed by atoms with Crippen molar-refractivity contribution >= 4 is 55.0 Å². The van der Waals surface area contributed by atoms with Crippen LogP contribution in [0.5, 0.6) is 0 Å². The van der Waals surface area contributed by atoms with Crippen LogP contribution in [0.3, 0.4) is 0 Å². The molecule has 27 heavy (non-hydrogen) atoms. The van der Waals surface area contributed by atoms with Gasteiger partial charge >= 0.3 is 0 Å². The minimum Gasteiger partial charge on any atom is -0.354 e. The van der Waals surface area contributed by atoms with Crippen molar-refractivity contribution in [2.45, 2.75) is 13.0 Å². The molecular formula is C21H17BrN2O2S. The summed E-state index contributed by atoms with van der Waals surface area (Å²) in [5.41, 5.74) is 1.55. The summed E-state index contributed by atoms with van der Waals surface area (Å²) in [6.07, 6.45) is 0.799. The topological polar surface area (TPSA) is 51.1 Å². The van der Waals surface area contributed by atoms with Crippen LogP contribution in [0.1, 0.15) is 4.88 Å². The lowest BCUT2D eigenvalue weighted by molar-refractivity contribution is -0.121. The minimum atomic E-state index is -0.0652. The second-order valence-corrected chi connectivity index (χ2v) is 8.80. The molecule has 6 heteroatoms. The fourth-order valence-electron chi connectivity index (χ4n) is 3.26. The van der Waals surface area contributed by atoms with Crippen LogP contribution in [0, 0.1) is 0 Å². The van der Waals surface area contributed by atoms with E-state index in [4.69, 9.17) is 0 Å². The molecule has 0 spiro atoms. The van der Waals surface area contributed by atoms with E-state index in [2.05, 4.69) is 27.3 Å². The number of carbonyl (C=O) groups excluding carboxylic acids is 1. The first-order valence-corrected chi connectivity index (χ1v) is 10.3. The first-order chi connectivity index (χ1) is 13.1. The van der Waals surface area contributed by atoms with Gasteiger partial charge in [0.2, 0.25) is 5.91 Å². The van der Waals surface area contributed by atoms with Crippen LogP contribution in [0.4, 0.5) is 0 Å². The molecule has 2 aromatic carbocycles. The van der Waals surface area contributed by atoms with Crippen LogP contribution in [0.25, 0.3) is 21.8 Å². The standard InChI is InChI=1S/C21H17BrN2O2S/c22-19-10-9-14(27-19)11-12-23-20(25)13-24-17-7-3-1-5-15(17)21(26)16-6-2-4-8-18(16)24/h1-10H,11-13H2,(H,23,25). The van der Waals surface area contributed by atoms with Gasteiger partial charge in [0, 0.05) is 22.2 Å². The van der Waals surface area contributed by atoms with Crippen molar-refractivity contribution in [2.75, 3.05) is 6.54 Å². The van der Waals surface area contributed by atoms with Crippen molar-refractivity contribution in [1.82, 2.24) is 9.88 Å². The molecule has 4 aromatic rings. The number of benzene rings is 2. The van der Waals surface area contributed by atoms with Gasteiger partial charge in [0.15, 0.2) is 5.43 Å². The molecule has 136 valence electrons. The number of amides is 1. The molecule has 0 saturated heterocycles. The Hall–Kier alpha value is -2.44. The summed E-state index contributed by atoms with van der Waals surface area (Å²) in [7, 11) is 0. The predicted octanol–water partition coefficient (Wildman–Crippen LogP) is 4.34. The molecule has 1 N–H and O–H groups in total. The molecule has 0 saturated carbocycles. The molecule has 4 nitrogen and oxygen atoms in total. The largest absolute Gasteiger partial charge is 0.354 e. The Morgan fingerprint density at radius 2 is 1.59 bits per heavy atom. The second kappa shape index (κ2) is 7.66. The van der Waals surface area contributed by atoms with Gasteiger partial charge in [-0.25, -0.2) is 0 Å². The van der Waals surface area contributed by atoms with Gasteiger partial charge in [0.05, 0.1) is 14.8 Å². The highest BCUT2D eigenvalue weighted by Gasteiger charge is 2.12. The van der Waals surface area contributed by atoms with Crippen molar-refractivity contribution in [3.63, 3.8) is 0 Å². The molecule has 0 bridgehead atoms. The highest BCUT2D eigenvalue weighted by molar-refractivity contribution is 9.11. The summed E-state index contributed by atoms with van der Waals surface area (Å²) in [6.45, 7) is 0.761. The number of hydrogen-bond donors (Lipinski definition) is 1. The molecule has 0 atom stereocenters. The first kappa shape index (κ1) is 17.9. The van der Waals surface area contributed by atoms with E-state index in [0.717, 1.165) is 21.2 Å². The molecule has 2 heterocycles. The third-order valence-corrected chi connectivity index (χ3v) is 6.19. The van der Waals surface area contributed by atoms with E-state index in [0.29, 0.717) is 17.3 Å². The lowest BCUT2D eigenvalue weighted by Crippen LogP contribution is -2.30. The Morgan fingerprint density at radius 1 is 0.963 bits per heavy atom. The van der Waals surface area contributed by atoms with E-state index in [1.165, 1.54) is 4.88 Å². The van der Waals surface area contributed by atoms with Crippen LogP contribution in [-0.4, -0.2) is 17.0 Å². The summed E-state index contributed by atoms with van der Waals surface area (Å²) < 4.78 is 3.01. The van der Waals surface area contributed by atoms with E-state index < -0.39 is 0 Å². The maximum atomic E-state index is 12.7. The fourth-order valence-corrected chi connectivity index (χ4v) is 4.74. The molecule has 0 unspecified atom stereocenters. The Balaban J connectivity index is 1.61. The maximum absolute atomic E-state index is 12.7. The molecule has 0 fully saturated rings. The fraction of sp³-hybridized carbons (Fsp3) is 0.143. The van der Waals surface area contributed by atoms with Gasteiger partial charge in [0.25, 0.3) is 0 Å². The Morgan fingerprint density at radius 3 is 2.19 bits per heavy atom. The summed E-state index contributed by atoms with van der Waals surface area (Å²) >= 11 is 5.13. The number of carbonyl (C=O) groups is 1. The SMILES string of the molecule is O=C(Cn1c2ccccc2c(=O)c2ccccc21)NCCc1ccc(Br)s1. The van der Waals surface area contributed by atoms with Gasteiger partial charge in [0.1, 0.15) is 6.54 Å². The molecule has 0 aliphatic heterocycles. The molecule has 2 aromatic heterocycles. The zero-order valence-corrected chi connectivity index (χ0v) is 16.8. The predicted molar refractivity (Wildman–Crippen MR) is 114 cm³/mol. The maximum Gasteiger partial charge on any atom is 0.239 e. The van der Waals surface area contributed by atoms with Crippen molar-refractivity contribution in [1.29, 1.82) is 0 Å². The number of rotatable bonds is 5. The van der Waals surface area contributed by atoms with Crippen LogP contribution in [0.15, 0.2) is 69.2 Å². The highest BCUT2D eigenvalue weighted by atomic mass is 79.9. The van der Waals surface area contributed by atoms with E-state index in [9.17, 15) is 9.59 Å². The number of halogens is 1. The van der Waals surface area contributed by atoms with Crippen LogP contribution < -0.4 is 10.7 Å². The number of thiophene rings is 1. The zero-order chi connectivity index (χ0) is 18.8. The van der Waals surface area contributed by atoms with Crippen LogP contribution >= 0.6 is 27.3 Å². The second-order valence-electron chi connectivity index (χ2n) is 6.26. The van der Waals surface area contributed by atoms with Crippen molar-refractivity contribution in [3.8, 4) is 0 Å². The number of hydrogen-bond acceptors (Lipinski definition) is 3. The molecular weight excluding hydrogens is 424 g/mol. The van der Waals surface area contributed by atoms with E-state index in [1.807, 2.05) is 59.2 Å². The molecule has 0 aliphatic carbocycles. The summed E-state index contributed by atoms with van der Waals surface area (Å²) in [4.78, 5) is 26.5. The number of para-hydroxylation sites is 2. The summed E-state index contributed by atoms with van der Waals surface area (Å²) in [5, 5.41) is 4.25. The van der Waals surface area contributed by atoms with Gasteiger partial charge in [-0.05, 0) is 58.7 Å². The number of fused-ring (bicyclic) bond motifs is 2. The quantitative estimate of drug-likeness (QED) is 0.469. The number of nitrogens with one attached hydrogen (secondary N) is 1. The van der Waals surface area contributed by atoms with E-state index in [1.54, 1.807) is 11.3 Å². The van der Waals surface area contributed by atoms with Gasteiger partial charge in [-0.3, -0.25) is 9.59 Å². The first-order valence-electron chi connectivity index (χ1n) is 8.64. The van der Waals surface area contributed by atoms with E-state index in [-0.39, 0.29) is 17.9 Å². The van der Waals surface area contributed by atoms with Crippen molar-refractivity contribution in [2.24, 2.45) is 0 Å². The van der Waals surface area contributed by atoms with Gasteiger partial charge in [-0.1, -0.05) is 24.3 Å². The molecule has 0 aliphatic rings. The normalized spacial score (nSPS) is 11.1. The van der Waals surface area contributed by atoms with Gasteiger partial charge in [-0.15, -0.1) is 11.3 Å². The Kier molecular flexibility index (Phi) is 5.09. The average Bonchev–Trinajstić information content (AvgIpc) is 3.10. The third-order valence-electron chi connectivity index (χ3n) is 4.50. The Labute approximate surface area is 168 Å². The van der Waals surface area contributed by atoms with E-state index >= 15 is 0 Å². The number of pyridine rings is 1. The lowest BCUT2D eigenvalue weighted by atomic mass is 10.1. The third kappa shape index (κ3) is 3.68. The smallest absolute Gasteiger partial charge is 0.239 e. The average molecular weight is 441 g/mol. The molecule has 0 radical (unpaired) electrons. The van der Waals surface area contributed by atoms with Crippen molar-refractivity contribution in [3.05, 3.63) is 79.6 Å². The molecule has 1 amide bonds. The van der Waals surface area contributed by atoms with Crippen LogP contribution in [-0.2, 0) is 17.8 Å². The zero-order valence-electron chi connectivity index (χ0n) is 14.4. The molecule has 4 rings (SSSR count).